The van der Waals surface area contributed by atoms with Crippen LogP contribution in [-0.2, 0) is 0 Å². The van der Waals surface area contributed by atoms with Crippen LogP contribution in [-0.4, -0.2) is 28.0 Å². The summed E-state index contributed by atoms with van der Waals surface area (Å²) in [5.74, 6) is -0.129. The molecule has 1 atom stereocenters. The molecule has 0 saturated heterocycles. The Morgan fingerprint density at radius 3 is 2.81 bits per heavy atom. The number of nitrogens with zero attached hydrogens (tertiary/aromatic N) is 3. The van der Waals surface area contributed by atoms with E-state index in [2.05, 4.69) is 9.97 Å². The summed E-state index contributed by atoms with van der Waals surface area (Å²) in [6, 6.07) is 0.00120. The van der Waals surface area contributed by atoms with Gasteiger partial charge in [0.15, 0.2) is 11.6 Å². The maximum Gasteiger partial charge on any atom is 0.186 e. The first-order valence-corrected chi connectivity index (χ1v) is 5.32. The third-order valence-electron chi connectivity index (χ3n) is 2.44. The van der Waals surface area contributed by atoms with E-state index in [0.29, 0.717) is 17.1 Å². The molecule has 4 nitrogen and oxygen atoms in total. The van der Waals surface area contributed by atoms with Gasteiger partial charge in [0, 0.05) is 19.5 Å². The van der Waals surface area contributed by atoms with Crippen molar-refractivity contribution in [3.8, 4) is 0 Å². The Morgan fingerprint density at radius 2 is 2.25 bits per heavy atom. The van der Waals surface area contributed by atoms with Gasteiger partial charge in [-0.2, -0.15) is 0 Å². The van der Waals surface area contributed by atoms with Gasteiger partial charge in [-0.15, -0.1) is 0 Å². The lowest BCUT2D eigenvalue weighted by Gasteiger charge is -2.25. The van der Waals surface area contributed by atoms with E-state index < -0.39 is 5.82 Å². The molecule has 0 radical (unpaired) electrons. The number of nitrogens with two attached hydrogens (primary N) is 1. The second-order valence-electron chi connectivity index (χ2n) is 3.73. The van der Waals surface area contributed by atoms with Gasteiger partial charge in [-0.05, 0) is 13.8 Å². The molecular formula is C10H15FN4S. The van der Waals surface area contributed by atoms with Crippen molar-refractivity contribution in [3.63, 3.8) is 0 Å². The predicted molar refractivity (Wildman–Crippen MR) is 66.0 cm³/mol. The number of halogens is 1. The van der Waals surface area contributed by atoms with Crippen LogP contribution in [0.3, 0.4) is 0 Å². The van der Waals surface area contributed by atoms with Gasteiger partial charge in [-0.25, -0.2) is 14.4 Å². The Bertz CT molecular complexity index is 396. The average molecular weight is 242 g/mol. The van der Waals surface area contributed by atoms with Crippen molar-refractivity contribution in [2.75, 3.05) is 11.9 Å². The maximum atomic E-state index is 13.7. The SMILES string of the molecule is Cc1ncnc(N(C)C(C)CC(N)=S)c1F. The fourth-order valence-electron chi connectivity index (χ4n) is 1.33. The summed E-state index contributed by atoms with van der Waals surface area (Å²) in [4.78, 5) is 9.82. The van der Waals surface area contributed by atoms with E-state index in [4.69, 9.17) is 18.0 Å². The highest BCUT2D eigenvalue weighted by Crippen LogP contribution is 2.18. The van der Waals surface area contributed by atoms with Crippen LogP contribution < -0.4 is 10.6 Å². The van der Waals surface area contributed by atoms with Crippen molar-refractivity contribution in [1.82, 2.24) is 9.97 Å². The lowest BCUT2D eigenvalue weighted by molar-refractivity contribution is 0.583. The monoisotopic (exact) mass is 242 g/mol. The smallest absolute Gasteiger partial charge is 0.186 e. The number of rotatable bonds is 4. The molecule has 0 aliphatic carbocycles. The molecule has 0 spiro atoms. The minimum atomic E-state index is -0.403. The zero-order valence-electron chi connectivity index (χ0n) is 9.57. The molecule has 1 aromatic rings. The van der Waals surface area contributed by atoms with Crippen LogP contribution in [0.2, 0.25) is 0 Å². The normalized spacial score (nSPS) is 12.2. The van der Waals surface area contributed by atoms with E-state index >= 15 is 0 Å². The second-order valence-corrected chi connectivity index (χ2v) is 4.25. The van der Waals surface area contributed by atoms with E-state index in [1.165, 1.54) is 6.33 Å². The Labute approximate surface area is 99.7 Å². The summed E-state index contributed by atoms with van der Waals surface area (Å²) in [6.07, 6.45) is 1.87. The van der Waals surface area contributed by atoms with Crippen molar-refractivity contribution >= 4 is 23.0 Å². The highest BCUT2D eigenvalue weighted by atomic mass is 32.1. The predicted octanol–water partition coefficient (Wildman–Crippen LogP) is 1.43. The van der Waals surface area contributed by atoms with Crippen LogP contribution in [0.5, 0.6) is 0 Å². The summed E-state index contributed by atoms with van der Waals surface area (Å²) >= 11 is 4.82. The van der Waals surface area contributed by atoms with Crippen LogP contribution in [0.25, 0.3) is 0 Å². The molecule has 1 heterocycles. The highest BCUT2D eigenvalue weighted by Gasteiger charge is 2.17. The van der Waals surface area contributed by atoms with Gasteiger partial charge in [0.1, 0.15) is 6.33 Å². The summed E-state index contributed by atoms with van der Waals surface area (Å²) in [5.41, 5.74) is 5.79. The molecule has 0 fully saturated rings. The summed E-state index contributed by atoms with van der Waals surface area (Å²) in [7, 11) is 1.76. The Morgan fingerprint density at radius 1 is 1.62 bits per heavy atom. The lowest BCUT2D eigenvalue weighted by atomic mass is 10.2. The van der Waals surface area contributed by atoms with Gasteiger partial charge < -0.3 is 10.6 Å². The van der Waals surface area contributed by atoms with E-state index in [9.17, 15) is 4.39 Å². The van der Waals surface area contributed by atoms with E-state index in [1.54, 1.807) is 18.9 Å². The Kier molecular flexibility index (Phi) is 4.12. The molecule has 88 valence electrons. The van der Waals surface area contributed by atoms with Crippen LogP contribution in [0, 0.1) is 12.7 Å². The standard InChI is InChI=1S/C10H15FN4S/c1-6(4-8(12)16)15(3)10-9(11)7(2)13-5-14-10/h5-6H,4H2,1-3H3,(H2,12,16). The zero-order chi connectivity index (χ0) is 12.3. The van der Waals surface area contributed by atoms with Crippen LogP contribution in [0.4, 0.5) is 10.2 Å². The fraction of sp³-hybridized carbons (Fsp3) is 0.500. The fourth-order valence-corrected chi connectivity index (χ4v) is 1.57. The first-order chi connectivity index (χ1) is 7.43. The number of hydrogen-bond donors (Lipinski definition) is 1. The maximum absolute atomic E-state index is 13.7. The van der Waals surface area contributed by atoms with Gasteiger partial charge in [-0.3, -0.25) is 0 Å². The summed E-state index contributed by atoms with van der Waals surface area (Å²) < 4.78 is 13.7. The molecule has 0 aromatic carbocycles. The average Bonchev–Trinajstić information content (AvgIpc) is 2.20. The first-order valence-electron chi connectivity index (χ1n) is 4.91. The number of hydrogen-bond acceptors (Lipinski definition) is 4. The molecule has 16 heavy (non-hydrogen) atoms. The number of thiocarbonyl (C=S) groups is 1. The van der Waals surface area contributed by atoms with Gasteiger partial charge in [0.2, 0.25) is 0 Å². The third kappa shape index (κ3) is 2.85. The minimum absolute atomic E-state index is 0.00120. The highest BCUT2D eigenvalue weighted by molar-refractivity contribution is 7.80. The van der Waals surface area contributed by atoms with Crippen LogP contribution >= 0.6 is 12.2 Å². The molecule has 1 rings (SSSR count). The number of aryl methyl sites for hydroxylation is 1. The third-order valence-corrected chi connectivity index (χ3v) is 2.60. The number of anilines is 1. The first kappa shape index (κ1) is 12.8. The van der Waals surface area contributed by atoms with E-state index in [1.807, 2.05) is 6.92 Å². The molecule has 1 unspecified atom stereocenters. The number of aromatic nitrogens is 2. The van der Waals surface area contributed by atoms with Crippen molar-refractivity contribution < 1.29 is 4.39 Å². The largest absolute Gasteiger partial charge is 0.393 e. The lowest BCUT2D eigenvalue weighted by Crippen LogP contribution is -2.33. The van der Waals surface area contributed by atoms with E-state index in [0.717, 1.165) is 0 Å². The van der Waals surface area contributed by atoms with Crippen molar-refractivity contribution in [3.05, 3.63) is 17.8 Å². The molecule has 2 N–H and O–H groups in total. The summed E-state index contributed by atoms with van der Waals surface area (Å²) in [6.45, 7) is 3.52. The molecule has 0 aliphatic rings. The molecule has 6 heteroatoms. The van der Waals surface area contributed by atoms with Gasteiger partial charge >= 0.3 is 0 Å². The van der Waals surface area contributed by atoms with Crippen molar-refractivity contribution in [1.29, 1.82) is 0 Å². The van der Waals surface area contributed by atoms with Crippen molar-refractivity contribution in [2.45, 2.75) is 26.3 Å². The molecule has 0 aliphatic heterocycles. The zero-order valence-corrected chi connectivity index (χ0v) is 10.4. The molecule has 0 bridgehead atoms. The topological polar surface area (TPSA) is 55.0 Å². The quantitative estimate of drug-likeness (QED) is 0.809. The van der Waals surface area contributed by atoms with Gasteiger partial charge in [0.05, 0.1) is 10.7 Å². The van der Waals surface area contributed by atoms with Crippen molar-refractivity contribution in [2.24, 2.45) is 5.73 Å². The second kappa shape index (κ2) is 5.16. The molecule has 0 saturated carbocycles. The Hall–Kier alpha value is -1.30. The summed E-state index contributed by atoms with van der Waals surface area (Å²) in [5, 5.41) is 0. The minimum Gasteiger partial charge on any atom is -0.393 e. The van der Waals surface area contributed by atoms with E-state index in [-0.39, 0.29) is 11.9 Å². The molecular weight excluding hydrogens is 227 g/mol. The molecule has 0 amide bonds. The van der Waals surface area contributed by atoms with Gasteiger partial charge in [0.25, 0.3) is 0 Å². The molecule has 1 aromatic heterocycles. The van der Waals surface area contributed by atoms with Crippen LogP contribution in [0.1, 0.15) is 19.0 Å². The Balaban J connectivity index is 2.91. The van der Waals surface area contributed by atoms with Gasteiger partial charge in [-0.1, -0.05) is 12.2 Å². The van der Waals surface area contributed by atoms with Crippen LogP contribution in [0.15, 0.2) is 6.33 Å².